The molecule has 1 fully saturated rings. The molecular weight excluding hydrogens is 354 g/mol. The zero-order valence-corrected chi connectivity index (χ0v) is 16.3. The van der Waals surface area contributed by atoms with Gasteiger partial charge < -0.3 is 19.2 Å². The number of furan rings is 1. The molecule has 0 spiro atoms. The quantitative estimate of drug-likeness (QED) is 0.725. The summed E-state index contributed by atoms with van der Waals surface area (Å²) in [5.74, 6) is 1.62. The molecule has 7 nitrogen and oxygen atoms in total. The summed E-state index contributed by atoms with van der Waals surface area (Å²) in [6.45, 7) is 2.71. The van der Waals surface area contributed by atoms with Crippen molar-refractivity contribution in [2.75, 3.05) is 11.9 Å². The Kier molecular flexibility index (Phi) is 5.14. The summed E-state index contributed by atoms with van der Waals surface area (Å²) in [5, 5.41) is 11.3. The van der Waals surface area contributed by atoms with Gasteiger partial charge in [-0.1, -0.05) is 25.0 Å². The van der Waals surface area contributed by atoms with Gasteiger partial charge in [-0.2, -0.15) is 0 Å². The predicted molar refractivity (Wildman–Crippen MR) is 107 cm³/mol. The second-order valence-corrected chi connectivity index (χ2v) is 7.25. The molecule has 7 heteroatoms. The first-order chi connectivity index (χ1) is 13.6. The minimum absolute atomic E-state index is 0.0280. The van der Waals surface area contributed by atoms with Gasteiger partial charge in [0.15, 0.2) is 5.82 Å². The van der Waals surface area contributed by atoms with E-state index in [9.17, 15) is 4.79 Å². The van der Waals surface area contributed by atoms with Crippen LogP contribution in [0.25, 0.3) is 11.4 Å². The van der Waals surface area contributed by atoms with Crippen LogP contribution in [0, 0.1) is 6.92 Å². The monoisotopic (exact) mass is 379 g/mol. The molecule has 1 atom stereocenters. The Bertz CT molecular complexity index is 948. The number of anilines is 1. The van der Waals surface area contributed by atoms with E-state index in [1.165, 1.54) is 0 Å². The molecule has 1 aliphatic rings. The number of amides is 2. The van der Waals surface area contributed by atoms with E-state index in [2.05, 4.69) is 15.5 Å². The Balaban J connectivity index is 1.60. The van der Waals surface area contributed by atoms with Crippen LogP contribution in [0.1, 0.15) is 43.0 Å². The zero-order valence-electron chi connectivity index (χ0n) is 16.3. The summed E-state index contributed by atoms with van der Waals surface area (Å²) in [7, 11) is 1.91. The van der Waals surface area contributed by atoms with Crippen molar-refractivity contribution in [2.24, 2.45) is 7.05 Å². The molecule has 3 heterocycles. The molecule has 2 aromatic heterocycles. The van der Waals surface area contributed by atoms with Crippen LogP contribution in [0.3, 0.4) is 0 Å². The van der Waals surface area contributed by atoms with E-state index < -0.39 is 0 Å². The molecule has 0 aliphatic carbocycles. The highest BCUT2D eigenvalue weighted by Gasteiger charge is 2.29. The van der Waals surface area contributed by atoms with Crippen molar-refractivity contribution in [3.8, 4) is 11.4 Å². The van der Waals surface area contributed by atoms with Crippen LogP contribution in [-0.2, 0) is 7.05 Å². The fraction of sp³-hybridized carbons (Fsp3) is 0.381. The molecule has 2 amide bonds. The third-order valence-electron chi connectivity index (χ3n) is 5.41. The van der Waals surface area contributed by atoms with E-state index in [-0.39, 0.29) is 12.1 Å². The van der Waals surface area contributed by atoms with Gasteiger partial charge >= 0.3 is 6.03 Å². The highest BCUT2D eigenvalue weighted by atomic mass is 16.3. The number of aromatic nitrogens is 3. The molecule has 1 aromatic carbocycles. The van der Waals surface area contributed by atoms with Crippen LogP contribution in [0.4, 0.5) is 10.5 Å². The number of nitrogens with one attached hydrogen (secondary N) is 1. The van der Waals surface area contributed by atoms with E-state index in [4.69, 9.17) is 4.42 Å². The van der Waals surface area contributed by atoms with E-state index in [0.717, 1.165) is 60.6 Å². The van der Waals surface area contributed by atoms with Crippen LogP contribution in [0.15, 0.2) is 47.3 Å². The molecule has 0 saturated carbocycles. The van der Waals surface area contributed by atoms with Crippen molar-refractivity contribution >= 4 is 11.7 Å². The Hall–Kier alpha value is -3.09. The topological polar surface area (TPSA) is 76.2 Å². The molecule has 0 unspecified atom stereocenters. The summed E-state index contributed by atoms with van der Waals surface area (Å²) in [6, 6.07) is 9.56. The third-order valence-corrected chi connectivity index (χ3v) is 5.41. The minimum Gasteiger partial charge on any atom is -0.467 e. The summed E-state index contributed by atoms with van der Waals surface area (Å²) < 4.78 is 7.50. The SMILES string of the molecule is Cc1c(NC(=O)N2CCCCC[C@H]2c2ccco2)cccc1-c1nncn1C. The van der Waals surface area contributed by atoms with Gasteiger partial charge in [-0.05, 0) is 43.5 Å². The standard InChI is InChI=1S/C21H25N5O2/c1-15-16(20-24-22-14-25(20)2)8-6-9-17(15)23-21(27)26-12-5-3-4-10-18(26)19-11-7-13-28-19/h6-9,11,13-14,18H,3-5,10,12H2,1-2H3,(H,23,27)/t18-/m0/s1. The van der Waals surface area contributed by atoms with Crippen LogP contribution >= 0.6 is 0 Å². The van der Waals surface area contributed by atoms with Crippen LogP contribution in [-0.4, -0.2) is 32.2 Å². The average molecular weight is 379 g/mol. The average Bonchev–Trinajstić information content (AvgIpc) is 3.30. The number of hydrogen-bond donors (Lipinski definition) is 1. The number of likely N-dealkylation sites (tertiary alicyclic amines) is 1. The Morgan fingerprint density at radius 2 is 2.11 bits per heavy atom. The van der Waals surface area contributed by atoms with Crippen molar-refractivity contribution in [3.05, 3.63) is 54.2 Å². The predicted octanol–water partition coefficient (Wildman–Crippen LogP) is 4.53. The second kappa shape index (κ2) is 7.88. The van der Waals surface area contributed by atoms with Gasteiger partial charge in [0.2, 0.25) is 0 Å². The molecule has 1 aliphatic heterocycles. The number of rotatable bonds is 3. The lowest BCUT2D eigenvalue weighted by Crippen LogP contribution is -2.38. The second-order valence-electron chi connectivity index (χ2n) is 7.25. The molecule has 146 valence electrons. The number of nitrogens with zero attached hydrogens (tertiary/aromatic N) is 4. The first-order valence-corrected chi connectivity index (χ1v) is 9.70. The summed E-state index contributed by atoms with van der Waals surface area (Å²) in [6.07, 6.45) is 7.48. The smallest absolute Gasteiger partial charge is 0.322 e. The summed E-state index contributed by atoms with van der Waals surface area (Å²) in [4.78, 5) is 15.1. The number of carbonyl (C=O) groups excluding carboxylic acids is 1. The van der Waals surface area contributed by atoms with Gasteiger partial charge in [0.1, 0.15) is 12.1 Å². The first-order valence-electron chi connectivity index (χ1n) is 9.70. The maximum absolute atomic E-state index is 13.2. The fourth-order valence-electron chi connectivity index (χ4n) is 3.86. The molecular formula is C21H25N5O2. The number of urea groups is 1. The molecule has 28 heavy (non-hydrogen) atoms. The van der Waals surface area contributed by atoms with Gasteiger partial charge in [0.05, 0.1) is 12.3 Å². The lowest BCUT2D eigenvalue weighted by Gasteiger charge is -2.29. The fourth-order valence-corrected chi connectivity index (χ4v) is 3.86. The molecule has 1 saturated heterocycles. The van der Waals surface area contributed by atoms with E-state index in [0.29, 0.717) is 0 Å². The maximum atomic E-state index is 13.2. The minimum atomic E-state index is -0.0958. The van der Waals surface area contributed by atoms with Crippen LogP contribution in [0.2, 0.25) is 0 Å². The lowest BCUT2D eigenvalue weighted by atomic mass is 10.1. The van der Waals surface area contributed by atoms with Gasteiger partial charge in [-0.25, -0.2) is 4.79 Å². The number of hydrogen-bond acceptors (Lipinski definition) is 4. The molecule has 0 radical (unpaired) electrons. The Labute approximate surface area is 164 Å². The van der Waals surface area contributed by atoms with Crippen molar-refractivity contribution in [1.82, 2.24) is 19.7 Å². The number of aryl methyl sites for hydroxylation is 1. The summed E-state index contributed by atoms with van der Waals surface area (Å²) in [5.41, 5.74) is 2.71. The van der Waals surface area contributed by atoms with Crippen molar-refractivity contribution < 1.29 is 9.21 Å². The summed E-state index contributed by atoms with van der Waals surface area (Å²) >= 11 is 0. The van der Waals surface area contributed by atoms with Gasteiger partial charge in [-0.15, -0.1) is 10.2 Å². The van der Waals surface area contributed by atoms with E-state index >= 15 is 0 Å². The van der Waals surface area contributed by atoms with Crippen molar-refractivity contribution in [1.29, 1.82) is 0 Å². The third kappa shape index (κ3) is 3.52. The number of carbonyl (C=O) groups is 1. The van der Waals surface area contributed by atoms with E-state index in [1.54, 1.807) is 12.6 Å². The first kappa shape index (κ1) is 18.3. The highest BCUT2D eigenvalue weighted by Crippen LogP contribution is 2.32. The van der Waals surface area contributed by atoms with Crippen molar-refractivity contribution in [3.63, 3.8) is 0 Å². The van der Waals surface area contributed by atoms with Gasteiger partial charge in [-0.3, -0.25) is 0 Å². The highest BCUT2D eigenvalue weighted by molar-refractivity contribution is 5.91. The zero-order chi connectivity index (χ0) is 19.5. The Morgan fingerprint density at radius 1 is 1.21 bits per heavy atom. The van der Waals surface area contributed by atoms with Gasteiger partial charge in [0, 0.05) is 24.8 Å². The largest absolute Gasteiger partial charge is 0.467 e. The molecule has 0 bridgehead atoms. The normalized spacial score (nSPS) is 17.4. The maximum Gasteiger partial charge on any atom is 0.322 e. The van der Waals surface area contributed by atoms with Crippen molar-refractivity contribution in [2.45, 2.75) is 38.6 Å². The molecule has 4 rings (SSSR count). The Morgan fingerprint density at radius 3 is 2.86 bits per heavy atom. The lowest BCUT2D eigenvalue weighted by molar-refractivity contribution is 0.179. The molecule has 1 N–H and O–H groups in total. The van der Waals surface area contributed by atoms with Crippen LogP contribution < -0.4 is 5.32 Å². The van der Waals surface area contributed by atoms with E-state index in [1.807, 2.05) is 53.8 Å². The molecule has 3 aromatic rings. The van der Waals surface area contributed by atoms with Gasteiger partial charge in [0.25, 0.3) is 0 Å². The number of benzene rings is 1. The van der Waals surface area contributed by atoms with Crippen LogP contribution in [0.5, 0.6) is 0 Å².